The van der Waals surface area contributed by atoms with Crippen molar-refractivity contribution in [3.8, 4) is 0 Å². The van der Waals surface area contributed by atoms with E-state index in [0.717, 1.165) is 31.0 Å². The molecule has 3 nitrogen and oxygen atoms in total. The lowest BCUT2D eigenvalue weighted by Crippen LogP contribution is -2.28. The van der Waals surface area contributed by atoms with E-state index >= 15 is 0 Å². The Morgan fingerprint density at radius 2 is 1.90 bits per heavy atom. The maximum Gasteiger partial charge on any atom is 0.0700 e. The summed E-state index contributed by atoms with van der Waals surface area (Å²) in [6.45, 7) is 7.36. The molecular weight excluding hydrogens is 286 g/mol. The maximum atomic E-state index is 6.34. The van der Waals surface area contributed by atoms with Crippen LogP contribution in [0.5, 0.6) is 0 Å². The molecule has 0 amide bonds. The molecule has 0 spiro atoms. The summed E-state index contributed by atoms with van der Waals surface area (Å²) in [4.78, 5) is 0. The molecule has 0 saturated carbocycles. The zero-order valence-electron chi connectivity index (χ0n) is 13.4. The number of methoxy groups -OCH3 is 1. The fourth-order valence-electron chi connectivity index (χ4n) is 2.23. The van der Waals surface area contributed by atoms with E-state index in [0.29, 0.717) is 25.2 Å². The summed E-state index contributed by atoms with van der Waals surface area (Å²) in [5, 5.41) is 4.37. The van der Waals surface area contributed by atoms with E-state index in [1.54, 1.807) is 7.11 Å². The fraction of sp³-hybridized carbons (Fsp3) is 0.647. The molecule has 1 aromatic carbocycles. The van der Waals surface area contributed by atoms with Crippen LogP contribution in [0.2, 0.25) is 5.02 Å². The van der Waals surface area contributed by atoms with E-state index < -0.39 is 0 Å². The minimum atomic E-state index is 0.423. The summed E-state index contributed by atoms with van der Waals surface area (Å²) in [5.74, 6) is 0.423. The third kappa shape index (κ3) is 7.82. The second kappa shape index (κ2) is 11.0. The first-order chi connectivity index (χ1) is 10.1. The lowest BCUT2D eigenvalue weighted by Gasteiger charge is -2.21. The first-order valence-electron chi connectivity index (χ1n) is 7.69. The molecule has 0 aromatic heterocycles. The van der Waals surface area contributed by atoms with Gasteiger partial charge in [-0.1, -0.05) is 43.6 Å². The lowest BCUT2D eigenvalue weighted by atomic mass is 9.94. The van der Waals surface area contributed by atoms with Crippen molar-refractivity contribution >= 4 is 11.6 Å². The van der Waals surface area contributed by atoms with E-state index in [-0.39, 0.29) is 0 Å². The molecule has 0 heterocycles. The average Bonchev–Trinajstić information content (AvgIpc) is 2.46. The Bertz CT molecular complexity index is 385. The number of rotatable bonds is 11. The van der Waals surface area contributed by atoms with Crippen LogP contribution >= 0.6 is 11.6 Å². The van der Waals surface area contributed by atoms with Gasteiger partial charge in [0.05, 0.1) is 13.2 Å². The summed E-state index contributed by atoms with van der Waals surface area (Å²) in [6, 6.07) is 8.61. The molecule has 1 unspecified atom stereocenters. The maximum absolute atomic E-state index is 6.34. The van der Waals surface area contributed by atoms with Gasteiger partial charge >= 0.3 is 0 Å². The molecule has 120 valence electrons. The van der Waals surface area contributed by atoms with Crippen LogP contribution in [-0.4, -0.2) is 39.5 Å². The zero-order valence-corrected chi connectivity index (χ0v) is 14.2. The summed E-state index contributed by atoms with van der Waals surface area (Å²) in [5.41, 5.74) is 1.23. The van der Waals surface area contributed by atoms with Gasteiger partial charge in [0, 0.05) is 31.3 Å². The molecule has 1 atom stereocenters. The third-order valence-corrected chi connectivity index (χ3v) is 3.73. The van der Waals surface area contributed by atoms with Crippen molar-refractivity contribution in [2.24, 2.45) is 0 Å². The van der Waals surface area contributed by atoms with E-state index in [9.17, 15) is 0 Å². The van der Waals surface area contributed by atoms with Crippen molar-refractivity contribution in [2.75, 3.05) is 33.5 Å². The van der Waals surface area contributed by atoms with Gasteiger partial charge in [0.1, 0.15) is 0 Å². The van der Waals surface area contributed by atoms with Gasteiger partial charge in [-0.3, -0.25) is 0 Å². The van der Waals surface area contributed by atoms with E-state index in [1.807, 2.05) is 12.1 Å². The Balaban J connectivity index is 2.47. The van der Waals surface area contributed by atoms with Gasteiger partial charge in [-0.25, -0.2) is 0 Å². The largest absolute Gasteiger partial charge is 0.382 e. The lowest BCUT2D eigenvalue weighted by molar-refractivity contribution is 0.0681. The number of halogens is 1. The van der Waals surface area contributed by atoms with Crippen LogP contribution in [0, 0.1) is 0 Å². The van der Waals surface area contributed by atoms with E-state index in [1.165, 1.54) is 5.56 Å². The van der Waals surface area contributed by atoms with Crippen molar-refractivity contribution in [2.45, 2.75) is 38.6 Å². The van der Waals surface area contributed by atoms with Crippen LogP contribution in [0.15, 0.2) is 24.3 Å². The van der Waals surface area contributed by atoms with E-state index in [4.69, 9.17) is 21.1 Å². The van der Waals surface area contributed by atoms with Crippen LogP contribution in [0.25, 0.3) is 0 Å². The van der Waals surface area contributed by atoms with Crippen molar-refractivity contribution in [3.63, 3.8) is 0 Å². The molecule has 0 saturated heterocycles. The number of hydrogen-bond acceptors (Lipinski definition) is 3. The van der Waals surface area contributed by atoms with Crippen molar-refractivity contribution in [1.82, 2.24) is 5.32 Å². The van der Waals surface area contributed by atoms with Crippen LogP contribution in [-0.2, 0) is 9.47 Å². The van der Waals surface area contributed by atoms with Crippen molar-refractivity contribution in [1.29, 1.82) is 0 Å². The highest BCUT2D eigenvalue weighted by molar-refractivity contribution is 6.31. The van der Waals surface area contributed by atoms with Crippen LogP contribution in [0.3, 0.4) is 0 Å². The van der Waals surface area contributed by atoms with Crippen LogP contribution < -0.4 is 5.32 Å². The minimum Gasteiger partial charge on any atom is -0.382 e. The Morgan fingerprint density at radius 1 is 1.14 bits per heavy atom. The smallest absolute Gasteiger partial charge is 0.0700 e. The van der Waals surface area contributed by atoms with Crippen LogP contribution in [0.4, 0.5) is 0 Å². The second-order valence-corrected chi connectivity index (χ2v) is 5.94. The topological polar surface area (TPSA) is 30.5 Å². The summed E-state index contributed by atoms with van der Waals surface area (Å²) >= 11 is 6.34. The molecule has 1 rings (SSSR count). The number of hydrogen-bond donors (Lipinski definition) is 1. The van der Waals surface area contributed by atoms with Crippen molar-refractivity contribution in [3.05, 3.63) is 34.9 Å². The molecule has 1 aromatic rings. The first-order valence-corrected chi connectivity index (χ1v) is 8.07. The Morgan fingerprint density at radius 3 is 2.57 bits per heavy atom. The Hall–Kier alpha value is -0.610. The molecule has 0 aliphatic carbocycles. The monoisotopic (exact) mass is 313 g/mol. The Labute approximate surface area is 134 Å². The fourth-order valence-corrected chi connectivity index (χ4v) is 2.52. The van der Waals surface area contributed by atoms with Gasteiger partial charge in [0.25, 0.3) is 0 Å². The number of nitrogens with one attached hydrogen (secondary N) is 1. The zero-order chi connectivity index (χ0) is 15.5. The van der Waals surface area contributed by atoms with Gasteiger partial charge in [-0.05, 0) is 30.4 Å². The highest BCUT2D eigenvalue weighted by atomic mass is 35.5. The second-order valence-electron chi connectivity index (χ2n) is 5.53. The normalized spacial score (nSPS) is 12.8. The van der Waals surface area contributed by atoms with Gasteiger partial charge < -0.3 is 14.8 Å². The SMILES string of the molecule is COCCOCCCC(CNC(C)C)c1ccccc1Cl. The molecule has 0 aliphatic heterocycles. The third-order valence-electron chi connectivity index (χ3n) is 3.39. The van der Waals surface area contributed by atoms with E-state index in [2.05, 4.69) is 31.3 Å². The minimum absolute atomic E-state index is 0.423. The number of ether oxygens (including phenoxy) is 2. The highest BCUT2D eigenvalue weighted by Gasteiger charge is 2.14. The first kappa shape index (κ1) is 18.4. The predicted molar refractivity (Wildman–Crippen MR) is 89.3 cm³/mol. The molecule has 0 aliphatic rings. The summed E-state index contributed by atoms with van der Waals surface area (Å²) in [6.07, 6.45) is 2.09. The van der Waals surface area contributed by atoms with Gasteiger partial charge in [-0.15, -0.1) is 0 Å². The molecule has 0 radical (unpaired) electrons. The molecule has 0 fully saturated rings. The molecule has 21 heavy (non-hydrogen) atoms. The van der Waals surface area contributed by atoms with Gasteiger partial charge in [0.15, 0.2) is 0 Å². The summed E-state index contributed by atoms with van der Waals surface area (Å²) < 4.78 is 10.5. The predicted octanol–water partition coefficient (Wildman–Crippen LogP) is 3.86. The standard InChI is InChI=1S/C17H28ClNO2/c1-14(2)19-13-15(7-6-10-21-12-11-20-3)16-8-4-5-9-17(16)18/h4-5,8-9,14-15,19H,6-7,10-13H2,1-3H3. The van der Waals surface area contributed by atoms with Gasteiger partial charge in [0.2, 0.25) is 0 Å². The molecule has 1 N–H and O–H groups in total. The van der Waals surface area contributed by atoms with Crippen molar-refractivity contribution < 1.29 is 9.47 Å². The quantitative estimate of drug-likeness (QED) is 0.629. The van der Waals surface area contributed by atoms with Crippen LogP contribution in [0.1, 0.15) is 38.2 Å². The number of benzene rings is 1. The molecular formula is C17H28ClNO2. The summed E-state index contributed by atoms with van der Waals surface area (Å²) in [7, 11) is 1.69. The molecule has 0 bridgehead atoms. The molecule has 4 heteroatoms. The highest BCUT2D eigenvalue weighted by Crippen LogP contribution is 2.27. The average molecular weight is 314 g/mol. The van der Waals surface area contributed by atoms with Gasteiger partial charge in [-0.2, -0.15) is 0 Å². The Kier molecular flexibility index (Phi) is 9.68.